The number of rotatable bonds is 2. The van der Waals surface area contributed by atoms with Gasteiger partial charge in [-0.1, -0.05) is 31.5 Å². The van der Waals surface area contributed by atoms with E-state index >= 15 is 0 Å². The van der Waals surface area contributed by atoms with Gasteiger partial charge in [-0.05, 0) is 64.0 Å². The highest BCUT2D eigenvalue weighted by Crippen LogP contribution is 2.40. The Kier molecular flexibility index (Phi) is 3.93. The zero-order valence-corrected chi connectivity index (χ0v) is 14.9. The molecule has 1 atom stereocenters. The minimum atomic E-state index is -0.183. The van der Waals surface area contributed by atoms with Crippen molar-refractivity contribution >= 4 is 34.2 Å². The second-order valence-corrected chi connectivity index (χ2v) is 7.67. The van der Waals surface area contributed by atoms with Crippen LogP contribution in [0.5, 0.6) is 5.75 Å². The van der Waals surface area contributed by atoms with Crippen molar-refractivity contribution < 1.29 is 4.74 Å². The van der Waals surface area contributed by atoms with Crippen molar-refractivity contribution in [2.45, 2.75) is 25.3 Å². The number of ether oxygens (including phenoxy) is 1. The maximum atomic E-state index is 6.46. The van der Waals surface area contributed by atoms with Crippen LogP contribution in [0.2, 0.25) is 5.02 Å². The fourth-order valence-corrected chi connectivity index (χ4v) is 3.52. The monoisotopic (exact) mass is 413 g/mol. The van der Waals surface area contributed by atoms with Crippen LogP contribution in [0.25, 0.3) is 0 Å². The van der Waals surface area contributed by atoms with E-state index in [-0.39, 0.29) is 11.5 Å². The van der Waals surface area contributed by atoms with Crippen molar-refractivity contribution in [3.05, 3.63) is 61.7 Å². The number of hydrogen-bond acceptors (Lipinski definition) is 2. The summed E-state index contributed by atoms with van der Waals surface area (Å²) in [7, 11) is 0. The molecule has 2 N–H and O–H groups in total. The van der Waals surface area contributed by atoms with Crippen LogP contribution < -0.4 is 10.5 Å². The number of halogens is 2. The third-order valence-corrected chi connectivity index (χ3v) is 5.19. The Morgan fingerprint density at radius 2 is 2.00 bits per heavy atom. The van der Waals surface area contributed by atoms with Crippen LogP contribution in [-0.4, -0.2) is 6.61 Å². The second-order valence-electron chi connectivity index (χ2n) is 6.07. The van der Waals surface area contributed by atoms with Crippen LogP contribution >= 0.6 is 34.2 Å². The Morgan fingerprint density at radius 1 is 1.24 bits per heavy atom. The molecule has 0 radical (unpaired) electrons. The molecule has 0 aliphatic carbocycles. The molecule has 1 heterocycles. The van der Waals surface area contributed by atoms with E-state index in [1.54, 1.807) is 0 Å². The summed E-state index contributed by atoms with van der Waals surface area (Å²) >= 11 is 8.41. The second kappa shape index (κ2) is 5.45. The van der Waals surface area contributed by atoms with Crippen molar-refractivity contribution in [3.63, 3.8) is 0 Å². The Balaban J connectivity index is 2.03. The van der Waals surface area contributed by atoms with Gasteiger partial charge in [0.25, 0.3) is 0 Å². The molecule has 2 aromatic rings. The lowest BCUT2D eigenvalue weighted by atomic mass is 9.85. The van der Waals surface area contributed by atoms with Gasteiger partial charge in [-0.3, -0.25) is 0 Å². The summed E-state index contributed by atoms with van der Waals surface area (Å²) in [4.78, 5) is 0. The highest BCUT2D eigenvalue weighted by Gasteiger charge is 2.32. The lowest BCUT2D eigenvalue weighted by molar-refractivity contribution is 0.291. The standard InChI is InChI=1S/C17H17ClINO/c1-17(2)9-21-15-6-3-10(7-13(15)17)16(20)12-8-11(18)4-5-14(12)19/h3-8,16H,9,20H2,1-2H3. The SMILES string of the molecule is CC1(C)COc2ccc(C(N)c3cc(Cl)ccc3I)cc21. The molecule has 0 fully saturated rings. The highest BCUT2D eigenvalue weighted by molar-refractivity contribution is 14.1. The molecule has 1 unspecified atom stereocenters. The molecule has 4 heteroatoms. The van der Waals surface area contributed by atoms with E-state index in [9.17, 15) is 0 Å². The van der Waals surface area contributed by atoms with Gasteiger partial charge in [-0.15, -0.1) is 0 Å². The van der Waals surface area contributed by atoms with Gasteiger partial charge < -0.3 is 10.5 Å². The lowest BCUT2D eigenvalue weighted by Crippen LogP contribution is -2.19. The first-order valence-corrected chi connectivity index (χ1v) is 8.32. The van der Waals surface area contributed by atoms with E-state index in [0.717, 1.165) is 27.1 Å². The third kappa shape index (κ3) is 2.79. The van der Waals surface area contributed by atoms with Crippen LogP contribution in [0, 0.1) is 3.57 Å². The highest BCUT2D eigenvalue weighted by atomic mass is 127. The number of nitrogens with two attached hydrogens (primary N) is 1. The van der Waals surface area contributed by atoms with Crippen LogP contribution in [0.4, 0.5) is 0 Å². The average Bonchev–Trinajstić information content (AvgIpc) is 2.76. The van der Waals surface area contributed by atoms with Crippen LogP contribution in [0.3, 0.4) is 0 Å². The van der Waals surface area contributed by atoms with Crippen molar-refractivity contribution in [3.8, 4) is 5.75 Å². The largest absolute Gasteiger partial charge is 0.492 e. The van der Waals surface area contributed by atoms with Crippen LogP contribution in [-0.2, 0) is 5.41 Å². The van der Waals surface area contributed by atoms with E-state index < -0.39 is 0 Å². The minimum absolute atomic E-state index is 0.0343. The maximum Gasteiger partial charge on any atom is 0.123 e. The predicted octanol–water partition coefficient (Wildman–Crippen LogP) is 4.66. The summed E-state index contributed by atoms with van der Waals surface area (Å²) in [5.41, 5.74) is 9.87. The molecule has 0 saturated heterocycles. The van der Waals surface area contributed by atoms with Gasteiger partial charge in [0.2, 0.25) is 0 Å². The Hall–Kier alpha value is -0.780. The van der Waals surface area contributed by atoms with Gasteiger partial charge in [0, 0.05) is 19.6 Å². The van der Waals surface area contributed by atoms with Gasteiger partial charge in [0.15, 0.2) is 0 Å². The number of fused-ring (bicyclic) bond motifs is 1. The first-order chi connectivity index (χ1) is 9.88. The van der Waals surface area contributed by atoms with E-state index in [0.29, 0.717) is 5.02 Å². The van der Waals surface area contributed by atoms with Gasteiger partial charge >= 0.3 is 0 Å². The Bertz CT molecular complexity index is 699. The van der Waals surface area contributed by atoms with Crippen molar-refractivity contribution in [1.82, 2.24) is 0 Å². The van der Waals surface area contributed by atoms with Gasteiger partial charge in [-0.25, -0.2) is 0 Å². The molecule has 2 aromatic carbocycles. The molecule has 0 saturated carbocycles. The maximum absolute atomic E-state index is 6.46. The first kappa shape index (κ1) is 15.1. The molecule has 21 heavy (non-hydrogen) atoms. The molecular weight excluding hydrogens is 397 g/mol. The average molecular weight is 414 g/mol. The lowest BCUT2D eigenvalue weighted by Gasteiger charge is -2.19. The van der Waals surface area contributed by atoms with Gasteiger partial charge in [-0.2, -0.15) is 0 Å². The minimum Gasteiger partial charge on any atom is -0.492 e. The quantitative estimate of drug-likeness (QED) is 0.727. The molecule has 1 aliphatic rings. The van der Waals surface area contributed by atoms with Crippen LogP contribution in [0.15, 0.2) is 36.4 Å². The predicted molar refractivity (Wildman–Crippen MR) is 95.2 cm³/mol. The molecule has 3 rings (SSSR count). The first-order valence-electron chi connectivity index (χ1n) is 6.86. The topological polar surface area (TPSA) is 35.2 Å². The number of benzene rings is 2. The van der Waals surface area contributed by atoms with E-state index in [4.69, 9.17) is 22.1 Å². The third-order valence-electron chi connectivity index (χ3n) is 3.97. The van der Waals surface area contributed by atoms with E-state index in [2.05, 4.69) is 42.5 Å². The Morgan fingerprint density at radius 3 is 2.76 bits per heavy atom. The molecule has 110 valence electrons. The summed E-state index contributed by atoms with van der Waals surface area (Å²) < 4.78 is 6.86. The fraction of sp³-hybridized carbons (Fsp3) is 0.294. The molecule has 0 bridgehead atoms. The summed E-state index contributed by atoms with van der Waals surface area (Å²) in [6.45, 7) is 5.10. The summed E-state index contributed by atoms with van der Waals surface area (Å²) in [6.07, 6.45) is 0. The van der Waals surface area contributed by atoms with Gasteiger partial charge in [0.1, 0.15) is 5.75 Å². The Labute approximate surface area is 143 Å². The normalized spacial score (nSPS) is 17.2. The fourth-order valence-electron chi connectivity index (χ4n) is 2.66. The summed E-state index contributed by atoms with van der Waals surface area (Å²) in [5, 5.41) is 0.714. The van der Waals surface area contributed by atoms with Gasteiger partial charge in [0.05, 0.1) is 12.6 Å². The van der Waals surface area contributed by atoms with Crippen molar-refractivity contribution in [2.75, 3.05) is 6.61 Å². The van der Waals surface area contributed by atoms with E-state index in [1.807, 2.05) is 30.3 Å². The van der Waals surface area contributed by atoms with Crippen molar-refractivity contribution in [2.24, 2.45) is 5.73 Å². The molecule has 0 amide bonds. The van der Waals surface area contributed by atoms with E-state index in [1.165, 1.54) is 5.56 Å². The van der Waals surface area contributed by atoms with Crippen molar-refractivity contribution in [1.29, 1.82) is 0 Å². The molecular formula is C17H17ClINO. The molecule has 2 nitrogen and oxygen atoms in total. The number of hydrogen-bond donors (Lipinski definition) is 1. The molecule has 0 spiro atoms. The molecule has 0 aromatic heterocycles. The zero-order valence-electron chi connectivity index (χ0n) is 12.0. The molecule has 1 aliphatic heterocycles. The smallest absolute Gasteiger partial charge is 0.123 e. The zero-order chi connectivity index (χ0) is 15.2. The summed E-state index contributed by atoms with van der Waals surface area (Å²) in [5.74, 6) is 0.969. The summed E-state index contributed by atoms with van der Waals surface area (Å²) in [6, 6.07) is 11.9. The van der Waals surface area contributed by atoms with Crippen LogP contribution in [0.1, 0.15) is 36.6 Å².